The number of rotatable bonds is 3. The van der Waals surface area contributed by atoms with Crippen LogP contribution in [0.1, 0.15) is 22.9 Å². The van der Waals surface area contributed by atoms with Gasteiger partial charge in [0.15, 0.2) is 5.69 Å². The molecule has 0 saturated heterocycles. The van der Waals surface area contributed by atoms with Gasteiger partial charge in [-0.3, -0.25) is 0 Å². The summed E-state index contributed by atoms with van der Waals surface area (Å²) in [5.74, 6) is -0.0236. The fraction of sp³-hybridized carbons (Fsp3) is 0.273. The third kappa shape index (κ3) is 2.67. The predicted molar refractivity (Wildman–Crippen MR) is 59.7 cm³/mol. The van der Waals surface area contributed by atoms with Crippen LogP contribution in [0, 0.1) is 0 Å². The van der Waals surface area contributed by atoms with Crippen LogP contribution >= 0.6 is 0 Å². The van der Waals surface area contributed by atoms with Crippen molar-refractivity contribution in [2.24, 2.45) is 0 Å². The molecule has 0 aliphatic rings. The molecule has 0 spiro atoms. The number of hydrogen-bond donors (Lipinski definition) is 1. The zero-order valence-electron chi connectivity index (χ0n) is 10.2. The lowest BCUT2D eigenvalue weighted by Gasteiger charge is -2.17. The Hall–Kier alpha value is -2.29. The topological polar surface area (TPSA) is 81.0 Å². The lowest BCUT2D eigenvalue weighted by molar-refractivity contribution is -0.142. The molecule has 2 aromatic rings. The minimum Gasteiger partial charge on any atom is -0.481 e. The average Bonchev–Trinajstić information content (AvgIpc) is 2.45. The molecule has 20 heavy (non-hydrogen) atoms. The van der Waals surface area contributed by atoms with E-state index in [0.717, 1.165) is 18.9 Å². The standard InChI is InChI=1S/C11H9F3N4O2/c1-20-10-7(3-16-5-18-10)8(19)6-2-15-4-17-9(6)11(12,13)14/h2-5,8,19H,1H3. The molecule has 0 saturated carbocycles. The average molecular weight is 286 g/mol. The second-order valence-electron chi connectivity index (χ2n) is 3.71. The van der Waals surface area contributed by atoms with Crippen LogP contribution in [-0.4, -0.2) is 32.2 Å². The van der Waals surface area contributed by atoms with Crippen molar-refractivity contribution in [1.29, 1.82) is 0 Å². The van der Waals surface area contributed by atoms with Gasteiger partial charge in [0.05, 0.1) is 12.7 Å². The lowest BCUT2D eigenvalue weighted by Crippen LogP contribution is -2.16. The molecule has 106 valence electrons. The van der Waals surface area contributed by atoms with E-state index < -0.39 is 23.5 Å². The van der Waals surface area contributed by atoms with Gasteiger partial charge in [-0.2, -0.15) is 13.2 Å². The van der Waals surface area contributed by atoms with Crippen molar-refractivity contribution >= 4 is 0 Å². The Morgan fingerprint density at radius 3 is 2.30 bits per heavy atom. The molecule has 2 rings (SSSR count). The molecular weight excluding hydrogens is 277 g/mol. The largest absolute Gasteiger partial charge is 0.481 e. The third-order valence-corrected chi connectivity index (χ3v) is 2.49. The third-order valence-electron chi connectivity index (χ3n) is 2.49. The second-order valence-corrected chi connectivity index (χ2v) is 3.71. The molecule has 0 fully saturated rings. The molecule has 0 radical (unpaired) electrons. The van der Waals surface area contributed by atoms with Crippen LogP contribution in [0.2, 0.25) is 0 Å². The number of ether oxygens (including phenoxy) is 1. The van der Waals surface area contributed by atoms with Gasteiger partial charge in [-0.25, -0.2) is 19.9 Å². The normalized spacial score (nSPS) is 13.1. The predicted octanol–water partition coefficient (Wildman–Crippen LogP) is 1.38. The van der Waals surface area contributed by atoms with E-state index in [2.05, 4.69) is 19.9 Å². The fourth-order valence-corrected chi connectivity index (χ4v) is 1.63. The van der Waals surface area contributed by atoms with Crippen LogP contribution in [0.3, 0.4) is 0 Å². The molecule has 0 aromatic carbocycles. The van der Waals surface area contributed by atoms with Crippen LogP contribution in [-0.2, 0) is 6.18 Å². The Morgan fingerprint density at radius 2 is 1.70 bits per heavy atom. The summed E-state index contributed by atoms with van der Waals surface area (Å²) in [7, 11) is 1.28. The van der Waals surface area contributed by atoms with Gasteiger partial charge in [-0.1, -0.05) is 0 Å². The Morgan fingerprint density at radius 1 is 1.10 bits per heavy atom. The Labute approximate surface area is 111 Å². The summed E-state index contributed by atoms with van der Waals surface area (Å²) in [6.07, 6.45) is -2.37. The maximum atomic E-state index is 12.8. The Balaban J connectivity index is 2.52. The van der Waals surface area contributed by atoms with Gasteiger partial charge in [0.1, 0.15) is 18.8 Å². The van der Waals surface area contributed by atoms with Crippen molar-refractivity contribution < 1.29 is 23.0 Å². The maximum Gasteiger partial charge on any atom is 0.433 e. The van der Waals surface area contributed by atoms with Crippen LogP contribution in [0.4, 0.5) is 13.2 Å². The maximum absolute atomic E-state index is 12.8. The number of aromatic nitrogens is 4. The van der Waals surface area contributed by atoms with Gasteiger partial charge in [0.2, 0.25) is 5.88 Å². The van der Waals surface area contributed by atoms with E-state index in [1.807, 2.05) is 0 Å². The van der Waals surface area contributed by atoms with Crippen LogP contribution in [0.25, 0.3) is 0 Å². The highest BCUT2D eigenvalue weighted by atomic mass is 19.4. The minimum atomic E-state index is -4.71. The highest BCUT2D eigenvalue weighted by Crippen LogP contribution is 2.35. The summed E-state index contributed by atoms with van der Waals surface area (Å²) in [6, 6.07) is 0. The minimum absolute atomic E-state index is 0.00435. The second kappa shape index (κ2) is 5.37. The van der Waals surface area contributed by atoms with Crippen LogP contribution in [0.5, 0.6) is 5.88 Å². The van der Waals surface area contributed by atoms with E-state index in [0.29, 0.717) is 0 Å². The zero-order valence-corrected chi connectivity index (χ0v) is 10.2. The molecule has 1 atom stereocenters. The molecule has 2 heterocycles. The van der Waals surface area contributed by atoms with E-state index in [-0.39, 0.29) is 11.4 Å². The van der Waals surface area contributed by atoms with Crippen LogP contribution < -0.4 is 4.74 Å². The van der Waals surface area contributed by atoms with Crippen molar-refractivity contribution in [3.63, 3.8) is 0 Å². The highest BCUT2D eigenvalue weighted by molar-refractivity contribution is 5.35. The van der Waals surface area contributed by atoms with Gasteiger partial charge in [0.25, 0.3) is 0 Å². The van der Waals surface area contributed by atoms with Gasteiger partial charge in [-0.05, 0) is 0 Å². The van der Waals surface area contributed by atoms with E-state index in [1.54, 1.807) is 0 Å². The first kappa shape index (κ1) is 14.1. The number of hydrogen-bond acceptors (Lipinski definition) is 6. The lowest BCUT2D eigenvalue weighted by atomic mass is 10.0. The molecule has 6 nitrogen and oxygen atoms in total. The van der Waals surface area contributed by atoms with E-state index >= 15 is 0 Å². The number of nitrogens with zero attached hydrogens (tertiary/aromatic N) is 4. The van der Waals surface area contributed by atoms with Gasteiger partial charge < -0.3 is 9.84 Å². The molecular formula is C11H9F3N4O2. The number of methoxy groups -OCH3 is 1. The first-order chi connectivity index (χ1) is 9.45. The summed E-state index contributed by atoms with van der Waals surface area (Å²) >= 11 is 0. The first-order valence-corrected chi connectivity index (χ1v) is 5.34. The monoisotopic (exact) mass is 286 g/mol. The van der Waals surface area contributed by atoms with Crippen molar-refractivity contribution in [2.45, 2.75) is 12.3 Å². The smallest absolute Gasteiger partial charge is 0.433 e. The summed E-state index contributed by atoms with van der Waals surface area (Å²) in [5.41, 5.74) is -1.71. The Kier molecular flexibility index (Phi) is 3.79. The first-order valence-electron chi connectivity index (χ1n) is 5.34. The summed E-state index contributed by atoms with van der Waals surface area (Å²) in [4.78, 5) is 14.1. The van der Waals surface area contributed by atoms with Gasteiger partial charge >= 0.3 is 6.18 Å². The molecule has 0 amide bonds. The fourth-order valence-electron chi connectivity index (χ4n) is 1.63. The quantitative estimate of drug-likeness (QED) is 0.918. The van der Waals surface area contributed by atoms with Crippen molar-refractivity contribution in [2.75, 3.05) is 7.11 Å². The molecule has 0 aliphatic heterocycles. The van der Waals surface area contributed by atoms with Crippen molar-refractivity contribution in [1.82, 2.24) is 19.9 Å². The SMILES string of the molecule is COc1ncncc1C(O)c1cncnc1C(F)(F)F. The molecule has 9 heteroatoms. The van der Waals surface area contributed by atoms with E-state index in [4.69, 9.17) is 4.74 Å². The van der Waals surface area contributed by atoms with Gasteiger partial charge in [-0.15, -0.1) is 0 Å². The number of aliphatic hydroxyl groups excluding tert-OH is 1. The molecule has 1 unspecified atom stereocenters. The summed E-state index contributed by atoms with van der Waals surface area (Å²) in [5, 5.41) is 10.1. The van der Waals surface area contributed by atoms with Gasteiger partial charge in [0, 0.05) is 18.0 Å². The molecule has 0 aliphatic carbocycles. The molecule has 0 bridgehead atoms. The van der Waals surface area contributed by atoms with Crippen molar-refractivity contribution in [3.8, 4) is 5.88 Å². The van der Waals surface area contributed by atoms with Crippen molar-refractivity contribution in [3.05, 3.63) is 41.9 Å². The number of aliphatic hydroxyl groups is 1. The summed E-state index contributed by atoms with van der Waals surface area (Å²) in [6.45, 7) is 0. The molecule has 2 aromatic heterocycles. The van der Waals surface area contributed by atoms with Crippen LogP contribution in [0.15, 0.2) is 25.0 Å². The van der Waals surface area contributed by atoms with E-state index in [1.165, 1.54) is 13.3 Å². The number of halogens is 3. The summed E-state index contributed by atoms with van der Waals surface area (Å²) < 4.78 is 43.4. The van der Waals surface area contributed by atoms with E-state index in [9.17, 15) is 18.3 Å². The highest BCUT2D eigenvalue weighted by Gasteiger charge is 2.38. The Bertz CT molecular complexity index is 606. The zero-order chi connectivity index (χ0) is 14.8. The number of alkyl halides is 3. The molecule has 1 N–H and O–H groups in total.